The van der Waals surface area contributed by atoms with E-state index < -0.39 is 0 Å². The summed E-state index contributed by atoms with van der Waals surface area (Å²) in [6.45, 7) is 0.832. The van der Waals surface area contributed by atoms with Crippen LogP contribution in [0.15, 0.2) is 36.4 Å². The molecule has 5 rings (SSSR count). The van der Waals surface area contributed by atoms with E-state index in [4.69, 9.17) is 9.72 Å². The first kappa shape index (κ1) is 15.4. The molecule has 3 heterocycles. The maximum absolute atomic E-state index is 6.09. The van der Waals surface area contributed by atoms with Gasteiger partial charge in [0.05, 0.1) is 22.1 Å². The zero-order chi connectivity index (χ0) is 16.3. The minimum absolute atomic E-state index is 0.0784. The van der Waals surface area contributed by atoms with E-state index in [2.05, 4.69) is 90.5 Å². The molecular weight excluding hydrogens is 528 g/mol. The van der Waals surface area contributed by atoms with Gasteiger partial charge in [0.2, 0.25) is 5.78 Å². The topological polar surface area (TPSA) is 31.5 Å². The number of hydrogen-bond acceptors (Lipinski definition) is 2. The number of nitrogens with zero attached hydrogens (tertiary/aromatic N) is 3. The van der Waals surface area contributed by atoms with Gasteiger partial charge in [0.25, 0.3) is 0 Å². The van der Waals surface area contributed by atoms with Crippen LogP contribution in [0.3, 0.4) is 0 Å². The van der Waals surface area contributed by atoms with Crippen LogP contribution in [0.5, 0.6) is 0 Å². The zero-order valence-electron chi connectivity index (χ0n) is 12.9. The maximum Gasteiger partial charge on any atom is 0.218 e. The number of benzene rings is 2. The van der Waals surface area contributed by atoms with Crippen molar-refractivity contribution in [1.82, 2.24) is 14.0 Å². The lowest BCUT2D eigenvalue weighted by molar-refractivity contribution is -0.0272. The molecular formula is C18H15I2N3O. The van der Waals surface area contributed by atoms with E-state index in [1.54, 1.807) is 0 Å². The predicted octanol–water partition coefficient (Wildman–Crippen LogP) is 5.35. The summed E-state index contributed by atoms with van der Waals surface area (Å²) < 4.78 is 13.1. The Morgan fingerprint density at radius 3 is 2.54 bits per heavy atom. The quantitative estimate of drug-likeness (QED) is 0.304. The highest BCUT2D eigenvalue weighted by Gasteiger charge is 2.24. The second-order valence-electron chi connectivity index (χ2n) is 6.20. The summed E-state index contributed by atoms with van der Waals surface area (Å²) in [6, 6.07) is 13.0. The van der Waals surface area contributed by atoms with Crippen LogP contribution in [0.4, 0.5) is 0 Å². The van der Waals surface area contributed by atoms with Crippen molar-refractivity contribution in [3.63, 3.8) is 0 Å². The Morgan fingerprint density at radius 2 is 1.75 bits per heavy atom. The minimum atomic E-state index is 0.0784. The normalized spacial score (nSPS) is 18.8. The lowest BCUT2D eigenvalue weighted by Crippen LogP contribution is -2.18. The summed E-state index contributed by atoms with van der Waals surface area (Å²) in [7, 11) is 0. The summed E-state index contributed by atoms with van der Waals surface area (Å²) in [5, 5.41) is 0. The molecule has 24 heavy (non-hydrogen) atoms. The van der Waals surface area contributed by atoms with E-state index in [-0.39, 0.29) is 6.23 Å². The van der Waals surface area contributed by atoms with Gasteiger partial charge >= 0.3 is 0 Å². The van der Waals surface area contributed by atoms with E-state index in [0.717, 1.165) is 30.7 Å². The van der Waals surface area contributed by atoms with Crippen LogP contribution in [0.2, 0.25) is 0 Å². The average Bonchev–Trinajstić information content (AvgIpc) is 3.09. The standard InChI is InChI=1S/C18H15I2N3O/c19-11-4-6-13-15(9-11)22-16-10-12(20)5-7-14(16)23(18(22)21-13)17-3-1-2-8-24-17/h4-7,9-10,17H,1-3,8H2. The number of hydrogen-bond donors (Lipinski definition) is 0. The first-order valence-corrected chi connectivity index (χ1v) is 10.3. The van der Waals surface area contributed by atoms with E-state index in [1.807, 2.05) is 0 Å². The lowest BCUT2D eigenvalue weighted by Gasteiger charge is -2.24. The number of imidazole rings is 2. The molecule has 0 aliphatic carbocycles. The Hall–Kier alpha value is -0.870. The fourth-order valence-corrected chi connectivity index (χ4v) is 4.58. The van der Waals surface area contributed by atoms with Crippen molar-refractivity contribution in [3.8, 4) is 0 Å². The van der Waals surface area contributed by atoms with Gasteiger partial charge in [-0.15, -0.1) is 0 Å². The highest BCUT2D eigenvalue weighted by atomic mass is 127. The van der Waals surface area contributed by atoms with Gasteiger partial charge in [-0.1, -0.05) is 0 Å². The largest absolute Gasteiger partial charge is 0.358 e. The van der Waals surface area contributed by atoms with Crippen molar-refractivity contribution in [2.75, 3.05) is 6.61 Å². The monoisotopic (exact) mass is 543 g/mol. The van der Waals surface area contributed by atoms with Gasteiger partial charge in [-0.2, -0.15) is 0 Å². The van der Waals surface area contributed by atoms with Gasteiger partial charge < -0.3 is 4.74 Å². The van der Waals surface area contributed by atoms with Crippen molar-refractivity contribution >= 4 is 73.0 Å². The SMILES string of the molecule is Ic1ccc2nc3n(C4CCCCO4)c4ccc(I)cc4n3c2c1. The molecule has 0 radical (unpaired) electrons. The molecule has 4 aromatic rings. The maximum atomic E-state index is 6.09. The first-order valence-electron chi connectivity index (χ1n) is 8.11. The van der Waals surface area contributed by atoms with Gasteiger partial charge in [-0.25, -0.2) is 4.98 Å². The fraction of sp³-hybridized carbons (Fsp3) is 0.278. The molecule has 6 heteroatoms. The Bertz CT molecular complexity index is 1080. The van der Waals surface area contributed by atoms with Crippen molar-refractivity contribution in [3.05, 3.63) is 43.5 Å². The number of halogens is 2. The highest BCUT2D eigenvalue weighted by Crippen LogP contribution is 2.33. The molecule has 1 aliphatic rings. The minimum Gasteiger partial charge on any atom is -0.358 e. The van der Waals surface area contributed by atoms with Gasteiger partial charge in [-0.05, 0) is 101 Å². The molecule has 1 atom stereocenters. The third-order valence-corrected chi connectivity index (χ3v) is 6.04. The molecule has 2 aromatic carbocycles. The van der Waals surface area contributed by atoms with Crippen LogP contribution in [0.1, 0.15) is 25.5 Å². The Kier molecular flexibility index (Phi) is 3.75. The van der Waals surface area contributed by atoms with Crippen LogP contribution in [0, 0.1) is 7.14 Å². The van der Waals surface area contributed by atoms with Crippen molar-refractivity contribution < 1.29 is 4.74 Å². The van der Waals surface area contributed by atoms with Crippen molar-refractivity contribution in [2.24, 2.45) is 0 Å². The third-order valence-electron chi connectivity index (χ3n) is 4.70. The van der Waals surface area contributed by atoms with Crippen molar-refractivity contribution in [2.45, 2.75) is 25.5 Å². The van der Waals surface area contributed by atoms with Crippen LogP contribution < -0.4 is 0 Å². The van der Waals surface area contributed by atoms with Gasteiger partial charge in [0.15, 0.2) is 0 Å². The third kappa shape index (κ3) is 2.29. The smallest absolute Gasteiger partial charge is 0.218 e. The van der Waals surface area contributed by atoms with Crippen LogP contribution >= 0.6 is 45.2 Å². The lowest BCUT2D eigenvalue weighted by atomic mass is 10.2. The molecule has 1 fully saturated rings. The Morgan fingerprint density at radius 1 is 0.958 bits per heavy atom. The van der Waals surface area contributed by atoms with Crippen LogP contribution in [0.25, 0.3) is 27.8 Å². The molecule has 1 aliphatic heterocycles. The first-order chi connectivity index (χ1) is 11.7. The summed E-state index contributed by atoms with van der Waals surface area (Å²) in [6.07, 6.45) is 3.48. The molecule has 1 saturated heterocycles. The van der Waals surface area contributed by atoms with Gasteiger partial charge in [0, 0.05) is 13.7 Å². The zero-order valence-corrected chi connectivity index (χ0v) is 17.2. The molecule has 2 aromatic heterocycles. The Balaban J connectivity index is 1.93. The summed E-state index contributed by atoms with van der Waals surface area (Å²) in [5.74, 6) is 0.982. The van der Waals surface area contributed by atoms with E-state index >= 15 is 0 Å². The van der Waals surface area contributed by atoms with Crippen LogP contribution in [-0.2, 0) is 4.74 Å². The summed E-state index contributed by atoms with van der Waals surface area (Å²) in [5.41, 5.74) is 4.61. The summed E-state index contributed by atoms with van der Waals surface area (Å²) in [4.78, 5) is 4.94. The van der Waals surface area contributed by atoms with Crippen molar-refractivity contribution in [1.29, 1.82) is 0 Å². The van der Waals surface area contributed by atoms with Crippen LogP contribution in [-0.4, -0.2) is 20.6 Å². The second-order valence-corrected chi connectivity index (χ2v) is 8.70. The number of fused-ring (bicyclic) bond motifs is 5. The van der Waals surface area contributed by atoms with E-state index in [9.17, 15) is 0 Å². The number of aromatic nitrogens is 3. The second kappa shape index (κ2) is 5.84. The predicted molar refractivity (Wildman–Crippen MR) is 112 cm³/mol. The average molecular weight is 543 g/mol. The van der Waals surface area contributed by atoms with E-state index in [0.29, 0.717) is 0 Å². The molecule has 0 amide bonds. The highest BCUT2D eigenvalue weighted by molar-refractivity contribution is 14.1. The number of ether oxygens (including phenoxy) is 1. The molecule has 4 nitrogen and oxygen atoms in total. The summed E-state index contributed by atoms with van der Waals surface area (Å²) >= 11 is 4.74. The molecule has 1 unspecified atom stereocenters. The molecule has 0 N–H and O–H groups in total. The Labute approximate surface area is 166 Å². The molecule has 0 spiro atoms. The fourth-order valence-electron chi connectivity index (χ4n) is 3.63. The van der Waals surface area contributed by atoms with E-state index in [1.165, 1.54) is 30.1 Å². The van der Waals surface area contributed by atoms with Gasteiger partial charge in [0.1, 0.15) is 6.23 Å². The molecule has 0 saturated carbocycles. The number of rotatable bonds is 1. The van der Waals surface area contributed by atoms with Gasteiger partial charge in [-0.3, -0.25) is 8.97 Å². The molecule has 0 bridgehead atoms. The molecule has 122 valence electrons.